The Labute approximate surface area is 197 Å². The van der Waals surface area contributed by atoms with E-state index in [1.165, 1.54) is 11.3 Å². The molecule has 0 spiro atoms. The highest BCUT2D eigenvalue weighted by molar-refractivity contribution is 7.07. The SMILES string of the molecule is CCOC(=O)C1=C(C)N=c2s/c(=C\c3ccc(Cl)cc3)c(=O)n2C1c1ccc2c(c1)OCO2. The number of halogens is 1. The fourth-order valence-corrected chi connectivity index (χ4v) is 5.07. The van der Waals surface area contributed by atoms with E-state index in [4.69, 9.17) is 25.8 Å². The van der Waals surface area contributed by atoms with Gasteiger partial charge in [0.15, 0.2) is 16.3 Å². The third-order valence-corrected chi connectivity index (χ3v) is 6.63. The van der Waals surface area contributed by atoms with E-state index in [0.717, 1.165) is 5.56 Å². The molecule has 2 aliphatic heterocycles. The van der Waals surface area contributed by atoms with E-state index in [-0.39, 0.29) is 19.0 Å². The molecule has 7 nitrogen and oxygen atoms in total. The van der Waals surface area contributed by atoms with Crippen LogP contribution < -0.4 is 24.4 Å². The number of carbonyl (C=O) groups is 1. The van der Waals surface area contributed by atoms with Crippen LogP contribution in [-0.2, 0) is 9.53 Å². The van der Waals surface area contributed by atoms with Crippen LogP contribution in [0.4, 0.5) is 0 Å². The summed E-state index contributed by atoms with van der Waals surface area (Å²) in [6.45, 7) is 3.83. The number of allylic oxidation sites excluding steroid dienone is 1. The first-order valence-electron chi connectivity index (χ1n) is 10.3. The van der Waals surface area contributed by atoms with Gasteiger partial charge >= 0.3 is 5.97 Å². The normalized spacial score (nSPS) is 17.1. The second-order valence-electron chi connectivity index (χ2n) is 7.47. The predicted molar refractivity (Wildman–Crippen MR) is 124 cm³/mol. The number of carbonyl (C=O) groups excluding carboxylic acids is 1. The maximum absolute atomic E-state index is 13.6. The predicted octanol–water partition coefficient (Wildman–Crippen LogP) is 3.18. The smallest absolute Gasteiger partial charge is 0.338 e. The van der Waals surface area contributed by atoms with Gasteiger partial charge in [-0.25, -0.2) is 9.79 Å². The van der Waals surface area contributed by atoms with Crippen molar-refractivity contribution in [3.63, 3.8) is 0 Å². The summed E-state index contributed by atoms with van der Waals surface area (Å²) in [5.41, 5.74) is 2.13. The van der Waals surface area contributed by atoms with Crippen molar-refractivity contribution in [3.05, 3.63) is 89.6 Å². The lowest BCUT2D eigenvalue weighted by atomic mass is 9.95. The molecule has 1 aromatic heterocycles. The van der Waals surface area contributed by atoms with Gasteiger partial charge < -0.3 is 14.2 Å². The molecular weight excluding hydrogens is 464 g/mol. The zero-order valence-corrected chi connectivity index (χ0v) is 19.4. The molecule has 2 aliphatic rings. The summed E-state index contributed by atoms with van der Waals surface area (Å²) >= 11 is 7.25. The summed E-state index contributed by atoms with van der Waals surface area (Å²) in [5.74, 6) is 0.675. The van der Waals surface area contributed by atoms with E-state index in [9.17, 15) is 9.59 Å². The Balaban J connectivity index is 1.72. The Morgan fingerprint density at radius 3 is 2.76 bits per heavy atom. The highest BCUT2D eigenvalue weighted by atomic mass is 35.5. The number of fused-ring (bicyclic) bond motifs is 2. The Kier molecular flexibility index (Phi) is 5.55. The molecular formula is C24H19ClN2O5S. The van der Waals surface area contributed by atoms with Crippen molar-refractivity contribution in [1.82, 2.24) is 4.57 Å². The topological polar surface area (TPSA) is 79.1 Å². The molecule has 3 heterocycles. The molecule has 1 atom stereocenters. The minimum Gasteiger partial charge on any atom is -0.463 e. The van der Waals surface area contributed by atoms with E-state index in [1.54, 1.807) is 48.8 Å². The van der Waals surface area contributed by atoms with Gasteiger partial charge in [0, 0.05) is 5.02 Å². The second kappa shape index (κ2) is 8.53. The summed E-state index contributed by atoms with van der Waals surface area (Å²) in [6.07, 6.45) is 1.79. The molecule has 0 saturated heterocycles. The summed E-state index contributed by atoms with van der Waals surface area (Å²) in [6, 6.07) is 11.9. The first-order valence-corrected chi connectivity index (χ1v) is 11.5. The third kappa shape index (κ3) is 3.85. The first kappa shape index (κ1) is 21.5. The lowest BCUT2D eigenvalue weighted by Crippen LogP contribution is -2.39. The Morgan fingerprint density at radius 2 is 2.00 bits per heavy atom. The van der Waals surface area contributed by atoms with Crippen LogP contribution in [0.3, 0.4) is 0 Å². The number of ether oxygens (including phenoxy) is 3. The fourth-order valence-electron chi connectivity index (χ4n) is 3.90. The van der Waals surface area contributed by atoms with Crippen molar-refractivity contribution in [3.8, 4) is 11.5 Å². The van der Waals surface area contributed by atoms with Gasteiger partial charge in [-0.1, -0.05) is 41.1 Å². The van der Waals surface area contributed by atoms with Crippen LogP contribution in [0.1, 0.15) is 31.0 Å². The van der Waals surface area contributed by atoms with Crippen LogP contribution in [0.5, 0.6) is 11.5 Å². The number of aromatic nitrogens is 1. The molecule has 2 aromatic carbocycles. The van der Waals surface area contributed by atoms with E-state index in [0.29, 0.717) is 42.7 Å². The van der Waals surface area contributed by atoms with Crippen LogP contribution in [0.25, 0.3) is 6.08 Å². The van der Waals surface area contributed by atoms with E-state index < -0.39 is 12.0 Å². The van der Waals surface area contributed by atoms with Crippen molar-refractivity contribution < 1.29 is 19.0 Å². The van der Waals surface area contributed by atoms with Crippen molar-refractivity contribution in [2.45, 2.75) is 19.9 Å². The van der Waals surface area contributed by atoms with Crippen molar-refractivity contribution in [2.75, 3.05) is 13.4 Å². The highest BCUT2D eigenvalue weighted by Gasteiger charge is 2.34. The quantitative estimate of drug-likeness (QED) is 0.534. The summed E-state index contributed by atoms with van der Waals surface area (Å²) < 4.78 is 18.3. The van der Waals surface area contributed by atoms with Gasteiger partial charge in [-0.3, -0.25) is 9.36 Å². The molecule has 0 fully saturated rings. The van der Waals surface area contributed by atoms with Crippen LogP contribution in [0.15, 0.2) is 63.5 Å². The van der Waals surface area contributed by atoms with Crippen molar-refractivity contribution >= 4 is 35.0 Å². The fraction of sp³-hybridized carbons (Fsp3) is 0.208. The van der Waals surface area contributed by atoms with Gasteiger partial charge in [0.25, 0.3) is 5.56 Å². The van der Waals surface area contributed by atoms with Gasteiger partial charge in [-0.05, 0) is 55.3 Å². The van der Waals surface area contributed by atoms with Crippen LogP contribution >= 0.6 is 22.9 Å². The maximum Gasteiger partial charge on any atom is 0.338 e. The minimum absolute atomic E-state index is 0.127. The van der Waals surface area contributed by atoms with Crippen molar-refractivity contribution in [1.29, 1.82) is 0 Å². The zero-order valence-electron chi connectivity index (χ0n) is 17.8. The highest BCUT2D eigenvalue weighted by Crippen LogP contribution is 2.38. The average Bonchev–Trinajstić information content (AvgIpc) is 3.38. The zero-order chi connectivity index (χ0) is 23.1. The number of hydrogen-bond donors (Lipinski definition) is 0. The molecule has 33 heavy (non-hydrogen) atoms. The third-order valence-electron chi connectivity index (χ3n) is 5.40. The molecule has 0 radical (unpaired) electrons. The Hall–Kier alpha value is -3.36. The molecule has 0 saturated carbocycles. The lowest BCUT2D eigenvalue weighted by Gasteiger charge is -2.24. The van der Waals surface area contributed by atoms with Gasteiger partial charge in [-0.2, -0.15) is 0 Å². The van der Waals surface area contributed by atoms with E-state index in [2.05, 4.69) is 4.99 Å². The number of esters is 1. The monoisotopic (exact) mass is 482 g/mol. The van der Waals surface area contributed by atoms with Crippen LogP contribution in [0, 0.1) is 0 Å². The summed E-state index contributed by atoms with van der Waals surface area (Å²) in [4.78, 5) is 31.6. The Bertz CT molecular complexity index is 1470. The van der Waals surface area contributed by atoms with Crippen molar-refractivity contribution in [2.24, 2.45) is 4.99 Å². The van der Waals surface area contributed by atoms with Gasteiger partial charge in [0.1, 0.15) is 0 Å². The van der Waals surface area contributed by atoms with Gasteiger partial charge in [-0.15, -0.1) is 0 Å². The van der Waals surface area contributed by atoms with Crippen LogP contribution in [-0.4, -0.2) is 23.9 Å². The van der Waals surface area contributed by atoms with Crippen LogP contribution in [0.2, 0.25) is 5.02 Å². The molecule has 9 heteroatoms. The molecule has 0 N–H and O–H groups in total. The maximum atomic E-state index is 13.6. The first-order chi connectivity index (χ1) is 16.0. The minimum atomic E-state index is -0.706. The lowest BCUT2D eigenvalue weighted by molar-refractivity contribution is -0.139. The molecule has 1 unspecified atom stereocenters. The largest absolute Gasteiger partial charge is 0.463 e. The molecule has 3 aromatic rings. The summed E-state index contributed by atoms with van der Waals surface area (Å²) in [5, 5.41) is 0.617. The number of nitrogens with zero attached hydrogens (tertiary/aromatic N) is 2. The Morgan fingerprint density at radius 1 is 1.24 bits per heavy atom. The summed E-state index contributed by atoms with van der Waals surface area (Å²) in [7, 11) is 0. The number of thiazole rings is 1. The molecule has 0 bridgehead atoms. The molecule has 0 amide bonds. The molecule has 168 valence electrons. The van der Waals surface area contributed by atoms with E-state index >= 15 is 0 Å². The second-order valence-corrected chi connectivity index (χ2v) is 8.91. The molecule has 5 rings (SSSR count). The van der Waals surface area contributed by atoms with Gasteiger partial charge in [0.2, 0.25) is 6.79 Å². The average molecular weight is 483 g/mol. The standard InChI is InChI=1S/C24H19ClN2O5S/c1-3-30-23(29)20-13(2)26-24-27(21(20)15-6-9-17-18(11-15)32-12-31-17)22(28)19(33-24)10-14-4-7-16(25)8-5-14/h4-11,21H,3,12H2,1-2H3/b19-10-. The number of rotatable bonds is 4. The number of hydrogen-bond acceptors (Lipinski definition) is 7. The number of benzene rings is 2. The van der Waals surface area contributed by atoms with Gasteiger partial charge in [0.05, 0.1) is 28.5 Å². The van der Waals surface area contributed by atoms with E-state index in [1.807, 2.05) is 18.2 Å². The molecule has 0 aliphatic carbocycles.